The first-order valence-corrected chi connectivity index (χ1v) is 11.4. The lowest BCUT2D eigenvalue weighted by Crippen LogP contribution is -2.37. The summed E-state index contributed by atoms with van der Waals surface area (Å²) in [5, 5.41) is 12.9. The molecule has 8 heteroatoms. The van der Waals surface area contributed by atoms with E-state index in [2.05, 4.69) is 20.2 Å². The molecule has 1 aliphatic rings. The van der Waals surface area contributed by atoms with Crippen molar-refractivity contribution < 1.29 is 9.90 Å². The zero-order chi connectivity index (χ0) is 22.1. The second-order valence-electron chi connectivity index (χ2n) is 8.45. The highest BCUT2D eigenvalue weighted by Crippen LogP contribution is 2.29. The molecule has 1 atom stereocenters. The standard InChI is InChI=1S/C23H28N4O3S/c1-13-6-7-17(14(2)9-13)24-22(30)20-15(3)19-21(29)25-18(26-23(19)31-20)11-27-8-4-5-16(10-27)12-28/h6-7,9,16,28H,4-5,8,10-12H2,1-3H3,(H,24,30)(H,25,26,29). The summed E-state index contributed by atoms with van der Waals surface area (Å²) in [6.45, 7) is 8.20. The number of carbonyl (C=O) groups excluding carboxylic acids is 1. The van der Waals surface area contributed by atoms with Crippen LogP contribution in [0.1, 0.15) is 45.0 Å². The molecule has 0 bridgehead atoms. The third kappa shape index (κ3) is 4.56. The normalized spacial score (nSPS) is 17.2. The van der Waals surface area contributed by atoms with E-state index in [0.29, 0.717) is 33.0 Å². The van der Waals surface area contributed by atoms with Gasteiger partial charge in [0.2, 0.25) is 0 Å². The average Bonchev–Trinajstić information content (AvgIpc) is 3.07. The molecule has 0 saturated carbocycles. The number of carbonyl (C=O) groups is 1. The number of aromatic nitrogens is 2. The van der Waals surface area contributed by atoms with Crippen LogP contribution < -0.4 is 10.9 Å². The maximum absolute atomic E-state index is 13.0. The van der Waals surface area contributed by atoms with Gasteiger partial charge in [-0.25, -0.2) is 4.98 Å². The second-order valence-corrected chi connectivity index (χ2v) is 9.45. The number of aryl methyl sites for hydroxylation is 3. The molecule has 1 fully saturated rings. The van der Waals surface area contributed by atoms with Gasteiger partial charge in [0.05, 0.1) is 16.8 Å². The Morgan fingerprint density at radius 3 is 2.90 bits per heavy atom. The van der Waals surface area contributed by atoms with Crippen LogP contribution in [-0.4, -0.2) is 45.6 Å². The molecular weight excluding hydrogens is 412 g/mol. The number of nitrogens with zero attached hydrogens (tertiary/aromatic N) is 2. The lowest BCUT2D eigenvalue weighted by molar-refractivity contribution is 0.103. The average molecular weight is 441 g/mol. The number of hydrogen-bond acceptors (Lipinski definition) is 6. The Kier molecular flexibility index (Phi) is 6.22. The van der Waals surface area contributed by atoms with Crippen molar-refractivity contribution in [2.75, 3.05) is 25.0 Å². The summed E-state index contributed by atoms with van der Waals surface area (Å²) in [5.74, 6) is 0.641. The molecule has 1 unspecified atom stereocenters. The van der Waals surface area contributed by atoms with Crippen molar-refractivity contribution in [2.24, 2.45) is 5.92 Å². The van der Waals surface area contributed by atoms with Gasteiger partial charge in [0.25, 0.3) is 11.5 Å². The third-order valence-corrected chi connectivity index (χ3v) is 7.11. The molecular formula is C23H28N4O3S. The van der Waals surface area contributed by atoms with Crippen LogP contribution in [0.15, 0.2) is 23.0 Å². The van der Waals surface area contributed by atoms with Crippen LogP contribution >= 0.6 is 11.3 Å². The number of piperidine rings is 1. The fourth-order valence-corrected chi connectivity index (χ4v) is 5.36. The van der Waals surface area contributed by atoms with Gasteiger partial charge in [-0.3, -0.25) is 14.5 Å². The van der Waals surface area contributed by atoms with Crippen LogP contribution in [0, 0.1) is 26.7 Å². The summed E-state index contributed by atoms with van der Waals surface area (Å²) >= 11 is 1.25. The smallest absolute Gasteiger partial charge is 0.266 e. The van der Waals surface area contributed by atoms with Gasteiger partial charge in [-0.2, -0.15) is 0 Å². The minimum atomic E-state index is -0.227. The number of amides is 1. The lowest BCUT2D eigenvalue weighted by atomic mass is 9.99. The number of thiophene rings is 1. The molecule has 3 N–H and O–H groups in total. The quantitative estimate of drug-likeness (QED) is 0.565. The third-order valence-electron chi connectivity index (χ3n) is 5.92. The number of H-pyrrole nitrogens is 1. The highest BCUT2D eigenvalue weighted by atomic mass is 32.1. The largest absolute Gasteiger partial charge is 0.396 e. The molecule has 4 rings (SSSR count). The van der Waals surface area contributed by atoms with Crippen LogP contribution in [-0.2, 0) is 6.54 Å². The Morgan fingerprint density at radius 2 is 2.16 bits per heavy atom. The summed E-state index contributed by atoms with van der Waals surface area (Å²) in [4.78, 5) is 36.6. The van der Waals surface area contributed by atoms with E-state index in [1.165, 1.54) is 11.3 Å². The molecule has 3 aromatic rings. The molecule has 0 radical (unpaired) electrons. The maximum Gasteiger partial charge on any atom is 0.266 e. The predicted octanol–water partition coefficient (Wildman–Crippen LogP) is 3.37. The van der Waals surface area contributed by atoms with Crippen molar-refractivity contribution in [1.82, 2.24) is 14.9 Å². The van der Waals surface area contributed by atoms with Crippen molar-refractivity contribution in [1.29, 1.82) is 0 Å². The molecule has 0 spiro atoms. The van der Waals surface area contributed by atoms with Crippen LogP contribution in [0.25, 0.3) is 10.2 Å². The van der Waals surface area contributed by atoms with Gasteiger partial charge in [-0.05, 0) is 63.3 Å². The highest BCUT2D eigenvalue weighted by Gasteiger charge is 2.22. The first-order chi connectivity index (χ1) is 14.9. The minimum Gasteiger partial charge on any atom is -0.396 e. The SMILES string of the molecule is Cc1ccc(NC(=O)c2sc3nc(CN4CCCC(CO)C4)[nH]c(=O)c3c2C)c(C)c1. The molecule has 1 saturated heterocycles. The van der Waals surface area contributed by atoms with Gasteiger partial charge >= 0.3 is 0 Å². The first-order valence-electron chi connectivity index (χ1n) is 10.6. The number of aliphatic hydroxyl groups excluding tert-OH is 1. The van der Waals surface area contributed by atoms with Gasteiger partial charge in [0.1, 0.15) is 10.7 Å². The number of anilines is 1. The molecule has 2 aromatic heterocycles. The monoisotopic (exact) mass is 440 g/mol. The van der Waals surface area contributed by atoms with E-state index in [1.54, 1.807) is 6.92 Å². The first kappa shape index (κ1) is 21.7. The maximum atomic E-state index is 13.0. The Labute approximate surface area is 185 Å². The van der Waals surface area contributed by atoms with Crippen LogP contribution in [0.3, 0.4) is 0 Å². The van der Waals surface area contributed by atoms with Gasteiger partial charge in [-0.15, -0.1) is 11.3 Å². The zero-order valence-electron chi connectivity index (χ0n) is 18.1. The number of nitrogens with one attached hydrogen (secondary N) is 2. The van der Waals surface area contributed by atoms with Crippen molar-refractivity contribution in [2.45, 2.75) is 40.2 Å². The van der Waals surface area contributed by atoms with E-state index in [-0.39, 0.29) is 24.0 Å². The van der Waals surface area contributed by atoms with E-state index in [4.69, 9.17) is 0 Å². The Hall–Kier alpha value is -2.55. The van der Waals surface area contributed by atoms with Crippen molar-refractivity contribution in [3.8, 4) is 0 Å². The number of fused-ring (bicyclic) bond motifs is 1. The van der Waals surface area contributed by atoms with Crippen molar-refractivity contribution in [3.05, 3.63) is 55.9 Å². The molecule has 7 nitrogen and oxygen atoms in total. The van der Waals surface area contributed by atoms with Gasteiger partial charge in [-0.1, -0.05) is 17.7 Å². The van der Waals surface area contributed by atoms with Gasteiger partial charge in [0, 0.05) is 18.8 Å². The van der Waals surface area contributed by atoms with Gasteiger partial charge < -0.3 is 15.4 Å². The number of likely N-dealkylation sites (tertiary alicyclic amines) is 1. The highest BCUT2D eigenvalue weighted by molar-refractivity contribution is 7.20. The number of aromatic amines is 1. The summed E-state index contributed by atoms with van der Waals surface area (Å²) < 4.78 is 0. The fraction of sp³-hybridized carbons (Fsp3) is 0.435. The molecule has 1 aromatic carbocycles. The van der Waals surface area contributed by atoms with Crippen molar-refractivity contribution in [3.63, 3.8) is 0 Å². The lowest BCUT2D eigenvalue weighted by Gasteiger charge is -2.31. The van der Waals surface area contributed by atoms with Crippen molar-refractivity contribution >= 4 is 33.1 Å². The molecule has 0 aliphatic carbocycles. The summed E-state index contributed by atoms with van der Waals surface area (Å²) in [6.07, 6.45) is 2.05. The number of aliphatic hydroxyl groups is 1. The summed E-state index contributed by atoms with van der Waals surface area (Å²) in [5.41, 5.74) is 3.33. The molecule has 31 heavy (non-hydrogen) atoms. The van der Waals surface area contributed by atoms with Gasteiger partial charge in [0.15, 0.2) is 0 Å². The number of rotatable bonds is 5. The predicted molar refractivity (Wildman–Crippen MR) is 124 cm³/mol. The number of hydrogen-bond donors (Lipinski definition) is 3. The topological polar surface area (TPSA) is 98.3 Å². The second kappa shape index (κ2) is 8.90. The summed E-state index contributed by atoms with van der Waals surface area (Å²) in [6, 6.07) is 5.88. The van der Waals surface area contributed by atoms with E-state index in [0.717, 1.165) is 42.7 Å². The van der Waals surface area contributed by atoms with E-state index >= 15 is 0 Å². The summed E-state index contributed by atoms with van der Waals surface area (Å²) in [7, 11) is 0. The Balaban J connectivity index is 1.60. The molecule has 1 amide bonds. The molecule has 164 valence electrons. The number of benzene rings is 1. The van der Waals surface area contributed by atoms with E-state index < -0.39 is 0 Å². The molecule has 1 aliphatic heterocycles. The van der Waals surface area contributed by atoms with E-state index in [1.807, 2.05) is 32.0 Å². The fourth-order valence-electron chi connectivity index (χ4n) is 4.27. The zero-order valence-corrected chi connectivity index (χ0v) is 18.9. The Morgan fingerprint density at radius 1 is 1.35 bits per heavy atom. The van der Waals surface area contributed by atoms with E-state index in [9.17, 15) is 14.7 Å². The Bertz CT molecular complexity index is 1180. The molecule has 3 heterocycles. The van der Waals surface area contributed by atoms with Crippen LogP contribution in [0.4, 0.5) is 5.69 Å². The van der Waals surface area contributed by atoms with Crippen LogP contribution in [0.5, 0.6) is 0 Å². The van der Waals surface area contributed by atoms with Crippen LogP contribution in [0.2, 0.25) is 0 Å². The minimum absolute atomic E-state index is 0.183.